The maximum Gasteiger partial charge on any atom is 0.138 e. The van der Waals surface area contributed by atoms with Gasteiger partial charge in [-0.05, 0) is 38.0 Å². The molecule has 4 heteroatoms. The lowest BCUT2D eigenvalue weighted by molar-refractivity contribution is -0.297. The van der Waals surface area contributed by atoms with E-state index in [1.165, 1.54) is 0 Å². The second-order valence-corrected chi connectivity index (χ2v) is 9.51. The van der Waals surface area contributed by atoms with Crippen LogP contribution < -0.4 is 0 Å². The molecule has 0 aromatic rings. The fraction of sp³-hybridized carbons (Fsp3) is 0.850. The fourth-order valence-electron chi connectivity index (χ4n) is 6.38. The summed E-state index contributed by atoms with van der Waals surface area (Å²) in [4.78, 5) is 12.5. The second-order valence-electron chi connectivity index (χ2n) is 9.51. The minimum atomic E-state index is -0.797. The van der Waals surface area contributed by atoms with Crippen LogP contribution in [0.25, 0.3) is 0 Å². The Morgan fingerprint density at radius 2 is 1.83 bits per heavy atom. The molecule has 3 fully saturated rings. The molecule has 4 nitrogen and oxygen atoms in total. The Morgan fingerprint density at radius 3 is 2.42 bits per heavy atom. The van der Waals surface area contributed by atoms with Gasteiger partial charge >= 0.3 is 0 Å². The lowest BCUT2D eigenvalue weighted by Gasteiger charge is -2.66. The summed E-state index contributed by atoms with van der Waals surface area (Å²) >= 11 is 0. The van der Waals surface area contributed by atoms with Crippen LogP contribution >= 0.6 is 0 Å². The molecule has 3 aliphatic rings. The molecule has 1 heterocycles. The maximum atomic E-state index is 12.5. The SMILES string of the molecule is C=C[C@]1(C)O[C@@]2(C)C[C@H](O)[C@@H]3C(C)(C)C(=O)CC[C@@]3(C)[C@@H]2C[C@H]1O. The standard InChI is InChI=1S/C20H32O4/c1-7-19(5)15(23)10-13-18(4)9-8-14(22)17(2,3)16(18)12(21)11-20(13,6)24-19/h7,12-13,15-16,21,23H,1,8-11H2,2-6H3/t12-,13-,15+,16+,18-,19-,20-/m0/s1. The molecule has 2 N–H and O–H groups in total. The second kappa shape index (κ2) is 5.15. The number of hydrogen-bond donors (Lipinski definition) is 2. The quantitative estimate of drug-likeness (QED) is 0.723. The molecule has 0 unspecified atom stereocenters. The van der Waals surface area contributed by atoms with E-state index < -0.39 is 28.8 Å². The van der Waals surface area contributed by atoms with Crippen molar-refractivity contribution in [3.8, 4) is 0 Å². The molecule has 0 radical (unpaired) electrons. The Bertz CT molecular complexity index is 570. The number of carbonyl (C=O) groups excluding carboxylic acids is 1. The molecule has 0 aromatic heterocycles. The molecule has 2 saturated carbocycles. The molecule has 0 aromatic carbocycles. The third kappa shape index (κ3) is 2.19. The van der Waals surface area contributed by atoms with Crippen molar-refractivity contribution in [2.24, 2.45) is 22.7 Å². The van der Waals surface area contributed by atoms with Gasteiger partial charge in [-0.25, -0.2) is 0 Å². The fourth-order valence-corrected chi connectivity index (χ4v) is 6.38. The van der Waals surface area contributed by atoms with Crippen molar-refractivity contribution in [2.75, 3.05) is 0 Å². The van der Waals surface area contributed by atoms with Gasteiger partial charge in [0.15, 0.2) is 0 Å². The zero-order valence-corrected chi connectivity index (χ0v) is 15.6. The van der Waals surface area contributed by atoms with E-state index in [2.05, 4.69) is 20.4 Å². The van der Waals surface area contributed by atoms with E-state index in [1.807, 2.05) is 20.8 Å². The Labute approximate surface area is 145 Å². The Hall–Kier alpha value is -0.710. The Kier molecular flexibility index (Phi) is 3.88. The maximum absolute atomic E-state index is 12.5. The molecule has 24 heavy (non-hydrogen) atoms. The van der Waals surface area contributed by atoms with Gasteiger partial charge in [0.1, 0.15) is 11.4 Å². The van der Waals surface area contributed by atoms with Crippen LogP contribution in [-0.4, -0.2) is 39.4 Å². The summed E-state index contributed by atoms with van der Waals surface area (Å²) in [6, 6.07) is 0. The Balaban J connectivity index is 2.06. The lowest BCUT2D eigenvalue weighted by Crippen LogP contribution is -2.70. The predicted molar refractivity (Wildman–Crippen MR) is 92.4 cm³/mol. The predicted octanol–water partition coefficient (Wildman–Crippen LogP) is 2.86. The van der Waals surface area contributed by atoms with E-state index in [4.69, 9.17) is 4.74 Å². The van der Waals surface area contributed by atoms with Crippen molar-refractivity contribution in [3.63, 3.8) is 0 Å². The number of hydrogen-bond acceptors (Lipinski definition) is 4. The van der Waals surface area contributed by atoms with Crippen molar-refractivity contribution in [2.45, 2.75) is 83.7 Å². The van der Waals surface area contributed by atoms with Gasteiger partial charge in [-0.15, -0.1) is 6.58 Å². The molecular weight excluding hydrogens is 304 g/mol. The van der Waals surface area contributed by atoms with Crippen LogP contribution in [0, 0.1) is 22.7 Å². The van der Waals surface area contributed by atoms with Crippen LogP contribution in [-0.2, 0) is 9.53 Å². The van der Waals surface area contributed by atoms with E-state index >= 15 is 0 Å². The minimum Gasteiger partial charge on any atom is -0.393 e. The normalized spacial score (nSPS) is 53.9. The zero-order chi connectivity index (χ0) is 18.1. The Morgan fingerprint density at radius 1 is 1.21 bits per heavy atom. The van der Waals surface area contributed by atoms with Gasteiger partial charge in [-0.2, -0.15) is 0 Å². The lowest BCUT2D eigenvalue weighted by atomic mass is 9.43. The van der Waals surface area contributed by atoms with Crippen LogP contribution in [0.1, 0.15) is 60.3 Å². The van der Waals surface area contributed by atoms with Crippen LogP contribution in [0.15, 0.2) is 12.7 Å². The highest BCUT2D eigenvalue weighted by atomic mass is 16.5. The molecule has 2 aliphatic carbocycles. The topological polar surface area (TPSA) is 66.8 Å². The number of aliphatic hydroxyl groups excluding tert-OH is 2. The summed E-state index contributed by atoms with van der Waals surface area (Å²) in [6.07, 6.45) is 2.86. The van der Waals surface area contributed by atoms with Gasteiger partial charge in [0, 0.05) is 24.2 Å². The van der Waals surface area contributed by atoms with Crippen molar-refractivity contribution < 1.29 is 19.7 Å². The highest BCUT2D eigenvalue weighted by Crippen LogP contribution is 2.64. The summed E-state index contributed by atoms with van der Waals surface area (Å²) in [5, 5.41) is 21.7. The number of ketones is 1. The van der Waals surface area contributed by atoms with E-state index in [1.54, 1.807) is 6.08 Å². The minimum absolute atomic E-state index is 0.104. The van der Waals surface area contributed by atoms with Gasteiger partial charge in [-0.3, -0.25) is 4.79 Å². The molecule has 7 atom stereocenters. The van der Waals surface area contributed by atoms with Gasteiger partial charge in [0.05, 0.1) is 17.8 Å². The van der Waals surface area contributed by atoms with Crippen LogP contribution in [0.5, 0.6) is 0 Å². The average Bonchev–Trinajstić information content (AvgIpc) is 2.45. The molecule has 0 amide bonds. The van der Waals surface area contributed by atoms with Gasteiger partial charge in [0.25, 0.3) is 0 Å². The summed E-state index contributed by atoms with van der Waals surface area (Å²) in [6.45, 7) is 13.9. The summed E-state index contributed by atoms with van der Waals surface area (Å²) in [7, 11) is 0. The van der Waals surface area contributed by atoms with Crippen molar-refractivity contribution >= 4 is 5.78 Å². The zero-order valence-electron chi connectivity index (χ0n) is 15.6. The first-order chi connectivity index (χ1) is 10.9. The first-order valence-electron chi connectivity index (χ1n) is 9.14. The monoisotopic (exact) mass is 336 g/mol. The van der Waals surface area contributed by atoms with Crippen molar-refractivity contribution in [1.29, 1.82) is 0 Å². The van der Waals surface area contributed by atoms with Crippen molar-refractivity contribution in [1.82, 2.24) is 0 Å². The molecular formula is C20H32O4. The number of aliphatic hydroxyl groups is 2. The molecule has 136 valence electrons. The van der Waals surface area contributed by atoms with Gasteiger partial charge in [0.2, 0.25) is 0 Å². The average molecular weight is 336 g/mol. The van der Waals surface area contributed by atoms with E-state index in [0.717, 1.165) is 6.42 Å². The van der Waals surface area contributed by atoms with E-state index in [0.29, 0.717) is 19.3 Å². The number of fused-ring (bicyclic) bond motifs is 3. The third-order valence-corrected chi connectivity index (χ3v) is 7.61. The summed E-state index contributed by atoms with van der Waals surface area (Å²) in [5.41, 5.74) is -2.09. The van der Waals surface area contributed by atoms with Crippen LogP contribution in [0.3, 0.4) is 0 Å². The van der Waals surface area contributed by atoms with E-state index in [-0.39, 0.29) is 23.0 Å². The first kappa shape index (κ1) is 18.1. The highest BCUT2D eigenvalue weighted by Gasteiger charge is 2.67. The molecule has 0 spiro atoms. The molecule has 1 saturated heterocycles. The van der Waals surface area contributed by atoms with Crippen LogP contribution in [0.2, 0.25) is 0 Å². The smallest absolute Gasteiger partial charge is 0.138 e. The number of ether oxygens (including phenoxy) is 1. The number of rotatable bonds is 1. The van der Waals surface area contributed by atoms with Gasteiger partial charge < -0.3 is 14.9 Å². The van der Waals surface area contributed by atoms with Crippen molar-refractivity contribution in [3.05, 3.63) is 12.7 Å². The van der Waals surface area contributed by atoms with Gasteiger partial charge in [-0.1, -0.05) is 26.8 Å². The molecule has 3 rings (SSSR count). The number of carbonyl (C=O) groups is 1. The third-order valence-electron chi connectivity index (χ3n) is 7.61. The number of Topliss-reactive ketones (excluding diaryl/α,β-unsaturated/α-hetero) is 1. The summed E-state index contributed by atoms with van der Waals surface area (Å²) < 4.78 is 6.39. The highest BCUT2D eigenvalue weighted by molar-refractivity contribution is 5.85. The largest absolute Gasteiger partial charge is 0.393 e. The van der Waals surface area contributed by atoms with E-state index in [9.17, 15) is 15.0 Å². The van der Waals surface area contributed by atoms with Crippen LogP contribution in [0.4, 0.5) is 0 Å². The molecule has 0 bridgehead atoms. The first-order valence-corrected chi connectivity index (χ1v) is 9.14. The molecule has 1 aliphatic heterocycles. The summed E-state index contributed by atoms with van der Waals surface area (Å²) in [5.74, 6) is 0.239.